The Morgan fingerprint density at radius 2 is 1.65 bits per heavy atom. The molecule has 0 fully saturated rings. The molecule has 2 amide bonds. The number of aromatic nitrogens is 3. The highest BCUT2D eigenvalue weighted by atomic mass is 19.4. The van der Waals surface area contributed by atoms with Crippen LogP contribution in [-0.4, -0.2) is 40.9 Å². The summed E-state index contributed by atoms with van der Waals surface area (Å²) in [7, 11) is 3.53. The van der Waals surface area contributed by atoms with E-state index in [4.69, 9.17) is 0 Å². The average Bonchev–Trinajstić information content (AvgIpc) is 3.18. The summed E-state index contributed by atoms with van der Waals surface area (Å²) in [6, 6.07) is 10.4. The zero-order valence-corrected chi connectivity index (χ0v) is 16.2. The topological polar surface area (TPSA) is 92.2 Å². The fourth-order valence-corrected chi connectivity index (χ4v) is 2.62. The fraction of sp³-hybridized carbons (Fsp3) is 0.158. The normalized spacial score (nSPS) is 11.2. The third kappa shape index (κ3) is 4.79. The number of carbonyl (C=O) groups excluding carboxylic acids is 2. The largest absolute Gasteiger partial charge is 0.435 e. The molecule has 0 saturated heterocycles. The quantitative estimate of drug-likeness (QED) is 0.485. The lowest BCUT2D eigenvalue weighted by molar-refractivity contribution is -0.143. The molecule has 1 aromatic heterocycles. The van der Waals surface area contributed by atoms with E-state index in [1.54, 1.807) is 31.1 Å². The van der Waals surface area contributed by atoms with Crippen LogP contribution in [-0.2, 0) is 6.18 Å². The van der Waals surface area contributed by atoms with E-state index < -0.39 is 35.2 Å². The molecule has 3 aromatic rings. The molecule has 0 aliphatic heterocycles. The van der Waals surface area contributed by atoms with E-state index in [-0.39, 0.29) is 11.3 Å². The number of hydrogen-bond donors (Lipinski definition) is 2. The lowest BCUT2D eigenvalue weighted by Crippen LogP contribution is -2.42. The van der Waals surface area contributed by atoms with Gasteiger partial charge in [-0.25, -0.2) is 9.07 Å². The van der Waals surface area contributed by atoms with E-state index in [1.807, 2.05) is 10.9 Å². The number of hydrogen-bond acceptors (Lipinski definition) is 5. The van der Waals surface area contributed by atoms with Gasteiger partial charge in [-0.3, -0.25) is 20.4 Å². The molecule has 0 aliphatic carbocycles. The first-order chi connectivity index (χ1) is 14.6. The van der Waals surface area contributed by atoms with Gasteiger partial charge in [0.05, 0.1) is 5.69 Å². The SMILES string of the molecule is CN(C)c1cccc(C(=O)NNC(=O)c2nnn(-c3ccc(F)cc3)c2C(F)(F)F)c1. The summed E-state index contributed by atoms with van der Waals surface area (Å²) >= 11 is 0. The first-order valence-electron chi connectivity index (χ1n) is 8.75. The molecule has 0 bridgehead atoms. The lowest BCUT2D eigenvalue weighted by Gasteiger charge is -2.14. The van der Waals surface area contributed by atoms with Crippen molar-refractivity contribution < 1.29 is 27.2 Å². The Balaban J connectivity index is 1.82. The highest BCUT2D eigenvalue weighted by Crippen LogP contribution is 2.32. The van der Waals surface area contributed by atoms with Crippen LogP contribution in [0.3, 0.4) is 0 Å². The maximum atomic E-state index is 13.6. The summed E-state index contributed by atoms with van der Waals surface area (Å²) in [4.78, 5) is 26.3. The van der Waals surface area contributed by atoms with Gasteiger partial charge in [0.2, 0.25) is 0 Å². The fourth-order valence-electron chi connectivity index (χ4n) is 2.62. The summed E-state index contributed by atoms with van der Waals surface area (Å²) in [5, 5.41) is 6.66. The van der Waals surface area contributed by atoms with Crippen LogP contribution in [0, 0.1) is 5.82 Å². The second-order valence-corrected chi connectivity index (χ2v) is 6.53. The monoisotopic (exact) mass is 436 g/mol. The number of alkyl halides is 3. The van der Waals surface area contributed by atoms with Gasteiger partial charge in [0.25, 0.3) is 11.8 Å². The number of anilines is 1. The Morgan fingerprint density at radius 3 is 2.26 bits per heavy atom. The van der Waals surface area contributed by atoms with E-state index in [1.165, 1.54) is 12.1 Å². The van der Waals surface area contributed by atoms with Gasteiger partial charge in [-0.2, -0.15) is 13.2 Å². The minimum Gasteiger partial charge on any atom is -0.378 e. The number of halogens is 4. The molecule has 2 N–H and O–H groups in total. The van der Waals surface area contributed by atoms with Crippen LogP contribution in [0.1, 0.15) is 26.5 Å². The van der Waals surface area contributed by atoms with Gasteiger partial charge < -0.3 is 4.90 Å². The molecule has 2 aromatic carbocycles. The Kier molecular flexibility index (Phi) is 5.90. The molecular weight excluding hydrogens is 420 g/mol. The molecule has 0 unspecified atom stereocenters. The summed E-state index contributed by atoms with van der Waals surface area (Å²) in [6.45, 7) is 0. The summed E-state index contributed by atoms with van der Waals surface area (Å²) in [5.74, 6) is -2.72. The molecule has 0 aliphatic rings. The van der Waals surface area contributed by atoms with Gasteiger partial charge in [-0.15, -0.1) is 5.10 Å². The predicted octanol–water partition coefficient (Wildman–Crippen LogP) is 2.57. The summed E-state index contributed by atoms with van der Waals surface area (Å²) in [5.41, 5.74) is 2.16. The average molecular weight is 436 g/mol. The van der Waals surface area contributed by atoms with Crippen molar-refractivity contribution in [2.75, 3.05) is 19.0 Å². The molecule has 3 rings (SSSR count). The number of rotatable bonds is 4. The lowest BCUT2D eigenvalue weighted by atomic mass is 10.2. The number of hydrazine groups is 1. The standard InChI is InChI=1S/C19H16F4N6O2/c1-28(2)14-5-3-4-11(10-14)17(30)25-26-18(31)15-16(19(21,22)23)29(27-24-15)13-8-6-12(20)7-9-13/h3-10H,1-2H3,(H,25,30)(H,26,31). The van der Waals surface area contributed by atoms with Gasteiger partial charge in [0, 0.05) is 25.3 Å². The first-order valence-corrected chi connectivity index (χ1v) is 8.75. The molecule has 31 heavy (non-hydrogen) atoms. The Bertz CT molecular complexity index is 1110. The molecule has 0 radical (unpaired) electrons. The smallest absolute Gasteiger partial charge is 0.378 e. The van der Waals surface area contributed by atoms with Crippen molar-refractivity contribution in [3.8, 4) is 5.69 Å². The number of benzene rings is 2. The van der Waals surface area contributed by atoms with Gasteiger partial charge in [0.15, 0.2) is 11.4 Å². The maximum absolute atomic E-state index is 13.6. The zero-order valence-electron chi connectivity index (χ0n) is 16.2. The van der Waals surface area contributed by atoms with Gasteiger partial charge in [0.1, 0.15) is 5.82 Å². The number of carbonyl (C=O) groups is 2. The summed E-state index contributed by atoms with van der Waals surface area (Å²) in [6.07, 6.45) is -5.01. The molecule has 8 nitrogen and oxygen atoms in total. The van der Waals surface area contributed by atoms with Crippen LogP contribution < -0.4 is 15.8 Å². The van der Waals surface area contributed by atoms with Gasteiger partial charge >= 0.3 is 6.18 Å². The van der Waals surface area contributed by atoms with Crippen LogP contribution in [0.15, 0.2) is 48.5 Å². The van der Waals surface area contributed by atoms with Crippen LogP contribution in [0.2, 0.25) is 0 Å². The molecule has 0 spiro atoms. The molecule has 162 valence electrons. The highest BCUT2D eigenvalue weighted by molar-refractivity contribution is 5.99. The Hall–Kier alpha value is -3.96. The van der Waals surface area contributed by atoms with E-state index in [0.29, 0.717) is 10.4 Å². The number of nitrogens with zero attached hydrogens (tertiary/aromatic N) is 4. The van der Waals surface area contributed by atoms with E-state index in [2.05, 4.69) is 10.3 Å². The van der Waals surface area contributed by atoms with Crippen molar-refractivity contribution in [3.63, 3.8) is 0 Å². The van der Waals surface area contributed by atoms with Crippen molar-refractivity contribution in [2.45, 2.75) is 6.18 Å². The Morgan fingerprint density at radius 1 is 1.00 bits per heavy atom. The van der Waals surface area contributed by atoms with Gasteiger partial charge in [-0.1, -0.05) is 11.3 Å². The van der Waals surface area contributed by atoms with Crippen molar-refractivity contribution in [1.29, 1.82) is 0 Å². The van der Waals surface area contributed by atoms with Crippen molar-refractivity contribution >= 4 is 17.5 Å². The van der Waals surface area contributed by atoms with Crippen molar-refractivity contribution in [2.24, 2.45) is 0 Å². The third-order valence-electron chi connectivity index (χ3n) is 4.14. The van der Waals surface area contributed by atoms with Gasteiger partial charge in [-0.05, 0) is 42.5 Å². The zero-order chi connectivity index (χ0) is 22.8. The van der Waals surface area contributed by atoms with E-state index >= 15 is 0 Å². The van der Waals surface area contributed by atoms with Crippen LogP contribution in [0.4, 0.5) is 23.2 Å². The van der Waals surface area contributed by atoms with Crippen molar-refractivity contribution in [1.82, 2.24) is 25.8 Å². The molecule has 0 saturated carbocycles. The second-order valence-electron chi connectivity index (χ2n) is 6.53. The minimum atomic E-state index is -5.01. The van der Waals surface area contributed by atoms with Crippen molar-refractivity contribution in [3.05, 3.63) is 71.3 Å². The predicted molar refractivity (Wildman–Crippen MR) is 102 cm³/mol. The van der Waals surface area contributed by atoms with Crippen LogP contribution in [0.25, 0.3) is 5.69 Å². The number of nitrogens with one attached hydrogen (secondary N) is 2. The van der Waals surface area contributed by atoms with E-state index in [0.717, 1.165) is 24.3 Å². The molecular formula is C19H16F4N6O2. The van der Waals surface area contributed by atoms with Crippen LogP contribution in [0.5, 0.6) is 0 Å². The molecule has 0 atom stereocenters. The van der Waals surface area contributed by atoms with Crippen LogP contribution >= 0.6 is 0 Å². The minimum absolute atomic E-state index is 0.148. The second kappa shape index (κ2) is 8.42. The molecule has 1 heterocycles. The van der Waals surface area contributed by atoms with E-state index in [9.17, 15) is 27.2 Å². The number of amides is 2. The maximum Gasteiger partial charge on any atom is 0.435 e. The highest BCUT2D eigenvalue weighted by Gasteiger charge is 2.42. The third-order valence-corrected chi connectivity index (χ3v) is 4.14. The summed E-state index contributed by atoms with van der Waals surface area (Å²) < 4.78 is 54.3. The molecule has 12 heteroatoms. The Labute approximate surface area is 173 Å². The first kappa shape index (κ1) is 21.7.